The molecular weight excluding hydrogens is 208 g/mol. The van der Waals surface area contributed by atoms with Crippen molar-refractivity contribution in [3.63, 3.8) is 0 Å². The molecule has 1 saturated heterocycles. The van der Waals surface area contributed by atoms with Gasteiger partial charge in [-0.1, -0.05) is 6.92 Å². The van der Waals surface area contributed by atoms with Crippen LogP contribution in [0.5, 0.6) is 0 Å². The fourth-order valence-electron chi connectivity index (χ4n) is 1.78. The third kappa shape index (κ3) is 4.03. The van der Waals surface area contributed by atoms with Gasteiger partial charge in [-0.05, 0) is 45.3 Å². The molecule has 1 heterocycles. The molecule has 0 saturated carbocycles. The smallest absolute Gasteiger partial charge is 0.232 e. The molecule has 0 aliphatic carbocycles. The molecule has 88 valence electrons. The molecule has 3 nitrogen and oxygen atoms in total. The first-order valence-electron chi connectivity index (χ1n) is 5.57. The fourth-order valence-corrected chi connectivity index (χ4v) is 1.87. The molecule has 1 aliphatic rings. The number of carbonyl (C=O) groups excluding carboxylic acids is 1. The second-order valence-electron chi connectivity index (χ2n) is 5.01. The van der Waals surface area contributed by atoms with E-state index in [1.807, 2.05) is 0 Å². The molecule has 0 aromatic heterocycles. The number of piperidine rings is 1. The minimum atomic E-state index is -0.208. The number of carbonyl (C=O) groups is 1. The standard InChI is InChI=1S/C11H22N2OS/c1-9(15)10(14)12-8-11(2)4-6-13(3)7-5-11/h9,15H,4-8H2,1-3H3,(H,12,14). The molecule has 1 rings (SSSR count). The number of hydrogen-bond acceptors (Lipinski definition) is 3. The number of likely N-dealkylation sites (tertiary alicyclic amines) is 1. The number of hydrogen-bond donors (Lipinski definition) is 2. The topological polar surface area (TPSA) is 32.3 Å². The minimum Gasteiger partial charge on any atom is -0.355 e. The maximum atomic E-state index is 11.4. The van der Waals surface area contributed by atoms with Crippen molar-refractivity contribution in [2.24, 2.45) is 5.41 Å². The lowest BCUT2D eigenvalue weighted by Crippen LogP contribution is -2.44. The molecule has 1 unspecified atom stereocenters. The Kier molecular flexibility index (Phi) is 4.46. The average Bonchev–Trinajstić information content (AvgIpc) is 2.19. The van der Waals surface area contributed by atoms with Gasteiger partial charge in [0.15, 0.2) is 0 Å². The quantitative estimate of drug-likeness (QED) is 0.713. The van der Waals surface area contributed by atoms with Crippen LogP contribution in [0, 0.1) is 5.41 Å². The summed E-state index contributed by atoms with van der Waals surface area (Å²) in [5.74, 6) is 0.0403. The van der Waals surface area contributed by atoms with Gasteiger partial charge in [-0.25, -0.2) is 0 Å². The van der Waals surface area contributed by atoms with E-state index < -0.39 is 0 Å². The van der Waals surface area contributed by atoms with Crippen LogP contribution in [0.25, 0.3) is 0 Å². The summed E-state index contributed by atoms with van der Waals surface area (Å²) in [4.78, 5) is 13.7. The number of nitrogens with zero attached hydrogens (tertiary/aromatic N) is 1. The van der Waals surface area contributed by atoms with Gasteiger partial charge in [-0.3, -0.25) is 4.79 Å². The summed E-state index contributed by atoms with van der Waals surface area (Å²) in [6.07, 6.45) is 2.31. The lowest BCUT2D eigenvalue weighted by atomic mass is 9.80. The summed E-state index contributed by atoms with van der Waals surface area (Å²) in [7, 11) is 2.15. The van der Waals surface area contributed by atoms with Crippen molar-refractivity contribution in [3.8, 4) is 0 Å². The summed E-state index contributed by atoms with van der Waals surface area (Å²) in [6.45, 7) is 7.09. The van der Waals surface area contributed by atoms with E-state index in [0.717, 1.165) is 32.5 Å². The van der Waals surface area contributed by atoms with Crippen LogP contribution in [0.1, 0.15) is 26.7 Å². The van der Waals surface area contributed by atoms with E-state index in [0.29, 0.717) is 0 Å². The van der Waals surface area contributed by atoms with Crippen molar-refractivity contribution in [3.05, 3.63) is 0 Å². The Morgan fingerprint density at radius 1 is 1.53 bits per heavy atom. The van der Waals surface area contributed by atoms with E-state index in [1.54, 1.807) is 6.92 Å². The van der Waals surface area contributed by atoms with Gasteiger partial charge in [0, 0.05) is 6.54 Å². The first-order valence-corrected chi connectivity index (χ1v) is 6.09. The summed E-state index contributed by atoms with van der Waals surface area (Å²) in [6, 6.07) is 0. The molecule has 1 fully saturated rings. The number of amides is 1. The summed E-state index contributed by atoms with van der Waals surface area (Å²) in [5.41, 5.74) is 0.269. The van der Waals surface area contributed by atoms with Crippen molar-refractivity contribution in [2.75, 3.05) is 26.7 Å². The van der Waals surface area contributed by atoms with E-state index in [2.05, 4.69) is 36.8 Å². The van der Waals surface area contributed by atoms with Gasteiger partial charge >= 0.3 is 0 Å². The molecule has 0 radical (unpaired) electrons. The highest BCUT2D eigenvalue weighted by molar-refractivity contribution is 7.81. The van der Waals surface area contributed by atoms with Crippen LogP contribution >= 0.6 is 12.6 Å². The van der Waals surface area contributed by atoms with Crippen LogP contribution in [-0.2, 0) is 4.79 Å². The van der Waals surface area contributed by atoms with Crippen LogP contribution in [0.4, 0.5) is 0 Å². The van der Waals surface area contributed by atoms with Crippen LogP contribution in [0.2, 0.25) is 0 Å². The van der Waals surface area contributed by atoms with Crippen LogP contribution in [0.15, 0.2) is 0 Å². The number of rotatable bonds is 3. The molecule has 1 aliphatic heterocycles. The maximum absolute atomic E-state index is 11.4. The fraction of sp³-hybridized carbons (Fsp3) is 0.909. The Hall–Kier alpha value is -0.220. The summed E-state index contributed by atoms with van der Waals surface area (Å²) in [5, 5.41) is 2.76. The highest BCUT2D eigenvalue weighted by atomic mass is 32.1. The highest BCUT2D eigenvalue weighted by Crippen LogP contribution is 2.29. The second kappa shape index (κ2) is 5.21. The number of thiol groups is 1. The highest BCUT2D eigenvalue weighted by Gasteiger charge is 2.29. The summed E-state index contributed by atoms with van der Waals surface area (Å²) < 4.78 is 0. The third-order valence-electron chi connectivity index (χ3n) is 3.26. The van der Waals surface area contributed by atoms with Crippen molar-refractivity contribution in [1.29, 1.82) is 0 Å². The maximum Gasteiger partial charge on any atom is 0.232 e. The largest absolute Gasteiger partial charge is 0.355 e. The van der Waals surface area contributed by atoms with Gasteiger partial charge in [-0.2, -0.15) is 12.6 Å². The molecule has 4 heteroatoms. The van der Waals surface area contributed by atoms with Gasteiger partial charge in [0.25, 0.3) is 0 Å². The minimum absolute atomic E-state index is 0.0403. The molecule has 1 amide bonds. The average molecular weight is 230 g/mol. The van der Waals surface area contributed by atoms with Gasteiger partial charge in [0.05, 0.1) is 5.25 Å². The van der Waals surface area contributed by atoms with Crippen LogP contribution < -0.4 is 5.32 Å². The van der Waals surface area contributed by atoms with E-state index in [9.17, 15) is 4.79 Å². The van der Waals surface area contributed by atoms with E-state index >= 15 is 0 Å². The summed E-state index contributed by atoms with van der Waals surface area (Å²) >= 11 is 4.11. The van der Waals surface area contributed by atoms with Gasteiger partial charge < -0.3 is 10.2 Å². The monoisotopic (exact) mass is 230 g/mol. The van der Waals surface area contributed by atoms with Crippen LogP contribution in [-0.4, -0.2) is 42.7 Å². The zero-order chi connectivity index (χ0) is 11.5. The van der Waals surface area contributed by atoms with Crippen molar-refractivity contribution in [1.82, 2.24) is 10.2 Å². The Labute approximate surface area is 98.0 Å². The molecule has 15 heavy (non-hydrogen) atoms. The van der Waals surface area contributed by atoms with Gasteiger partial charge in [0.1, 0.15) is 0 Å². The lowest BCUT2D eigenvalue weighted by Gasteiger charge is -2.38. The van der Waals surface area contributed by atoms with Gasteiger partial charge in [0.2, 0.25) is 5.91 Å². The van der Waals surface area contributed by atoms with Crippen molar-refractivity contribution < 1.29 is 4.79 Å². The SMILES string of the molecule is CC(S)C(=O)NCC1(C)CCN(C)CC1. The van der Waals surface area contributed by atoms with E-state index in [-0.39, 0.29) is 16.6 Å². The third-order valence-corrected chi connectivity index (χ3v) is 3.50. The Morgan fingerprint density at radius 2 is 2.07 bits per heavy atom. The predicted octanol–water partition coefficient (Wildman–Crippen LogP) is 1.15. The van der Waals surface area contributed by atoms with E-state index in [4.69, 9.17) is 0 Å². The molecule has 0 bridgehead atoms. The molecular formula is C11H22N2OS. The Balaban J connectivity index is 2.34. The zero-order valence-corrected chi connectivity index (χ0v) is 10.8. The van der Waals surface area contributed by atoms with E-state index in [1.165, 1.54) is 0 Å². The predicted molar refractivity (Wildman–Crippen MR) is 66.3 cm³/mol. The molecule has 0 aromatic carbocycles. The van der Waals surface area contributed by atoms with Gasteiger partial charge in [-0.15, -0.1) is 0 Å². The Bertz CT molecular complexity index is 223. The molecule has 1 N–H and O–H groups in total. The first-order chi connectivity index (χ1) is 6.93. The Morgan fingerprint density at radius 3 is 2.53 bits per heavy atom. The molecule has 0 aromatic rings. The van der Waals surface area contributed by atoms with Crippen LogP contribution in [0.3, 0.4) is 0 Å². The van der Waals surface area contributed by atoms with Crippen molar-refractivity contribution >= 4 is 18.5 Å². The zero-order valence-electron chi connectivity index (χ0n) is 9.92. The first kappa shape index (κ1) is 12.8. The number of nitrogens with one attached hydrogen (secondary N) is 1. The normalized spacial score (nSPS) is 23.5. The molecule has 1 atom stereocenters. The molecule has 0 spiro atoms. The van der Waals surface area contributed by atoms with Crippen molar-refractivity contribution in [2.45, 2.75) is 31.9 Å². The second-order valence-corrected chi connectivity index (χ2v) is 5.78. The lowest BCUT2D eigenvalue weighted by molar-refractivity contribution is -0.120.